The average molecular weight is 222 g/mol. The molecule has 0 bridgehead atoms. The van der Waals surface area contributed by atoms with Crippen LogP contribution in [0.3, 0.4) is 0 Å². The zero-order valence-electron chi connectivity index (χ0n) is 9.82. The lowest BCUT2D eigenvalue weighted by Crippen LogP contribution is -2.08. The first-order valence-electron chi connectivity index (χ1n) is 5.55. The maximum atomic E-state index is 11.0. The van der Waals surface area contributed by atoms with E-state index in [9.17, 15) is 4.79 Å². The molecule has 0 aliphatic carbocycles. The molecule has 1 aromatic heterocycles. The van der Waals surface area contributed by atoms with E-state index in [4.69, 9.17) is 4.74 Å². The minimum atomic E-state index is -0.137. The number of esters is 1. The van der Waals surface area contributed by atoms with Crippen LogP contribution in [0.4, 0.5) is 5.82 Å². The Morgan fingerprint density at radius 3 is 3.00 bits per heavy atom. The fourth-order valence-electron chi connectivity index (χ4n) is 1.32. The van der Waals surface area contributed by atoms with Crippen LogP contribution in [-0.2, 0) is 9.53 Å². The summed E-state index contributed by atoms with van der Waals surface area (Å²) < 4.78 is 4.83. The Balaban J connectivity index is 2.18. The number of rotatable bonds is 6. The fourth-order valence-corrected chi connectivity index (χ4v) is 1.32. The van der Waals surface area contributed by atoms with Crippen LogP contribution in [0.15, 0.2) is 18.2 Å². The molecule has 0 radical (unpaired) electrons. The van der Waals surface area contributed by atoms with Gasteiger partial charge in [0.1, 0.15) is 5.82 Å². The van der Waals surface area contributed by atoms with Crippen molar-refractivity contribution in [2.24, 2.45) is 0 Å². The smallest absolute Gasteiger partial charge is 0.305 e. The van der Waals surface area contributed by atoms with Gasteiger partial charge in [0.15, 0.2) is 0 Å². The van der Waals surface area contributed by atoms with Gasteiger partial charge in [-0.25, -0.2) is 4.98 Å². The van der Waals surface area contributed by atoms with Crippen molar-refractivity contribution >= 4 is 11.8 Å². The predicted octanol–water partition coefficient (Wildman–Crippen LogP) is 2.15. The van der Waals surface area contributed by atoms with E-state index in [-0.39, 0.29) is 5.97 Å². The molecular formula is C12H18N2O2. The maximum absolute atomic E-state index is 11.0. The average Bonchev–Trinajstić information content (AvgIpc) is 2.25. The first-order valence-corrected chi connectivity index (χ1v) is 5.55. The van der Waals surface area contributed by atoms with Crippen LogP contribution in [0.5, 0.6) is 0 Å². The summed E-state index contributed by atoms with van der Waals surface area (Å²) in [6, 6.07) is 5.82. The molecule has 1 aromatic rings. The summed E-state index contributed by atoms with van der Waals surface area (Å²) >= 11 is 0. The third-order valence-electron chi connectivity index (χ3n) is 2.06. The summed E-state index contributed by atoms with van der Waals surface area (Å²) in [5.74, 6) is 0.713. The highest BCUT2D eigenvalue weighted by molar-refractivity contribution is 5.69. The molecule has 1 N–H and O–H groups in total. The Hall–Kier alpha value is -1.58. The van der Waals surface area contributed by atoms with Gasteiger partial charge in [-0.3, -0.25) is 4.79 Å². The van der Waals surface area contributed by atoms with Crippen molar-refractivity contribution in [3.05, 3.63) is 23.9 Å². The Kier molecular flexibility index (Phi) is 5.32. The quantitative estimate of drug-likeness (QED) is 0.592. The van der Waals surface area contributed by atoms with Gasteiger partial charge < -0.3 is 10.1 Å². The van der Waals surface area contributed by atoms with Crippen molar-refractivity contribution in [3.63, 3.8) is 0 Å². The molecule has 1 heterocycles. The van der Waals surface area contributed by atoms with Crippen molar-refractivity contribution in [1.82, 2.24) is 4.98 Å². The number of pyridine rings is 1. The fraction of sp³-hybridized carbons (Fsp3) is 0.500. The molecule has 16 heavy (non-hydrogen) atoms. The second kappa shape index (κ2) is 6.82. The number of nitrogens with one attached hydrogen (secondary N) is 1. The number of aryl methyl sites for hydroxylation is 1. The molecule has 4 nitrogen and oxygen atoms in total. The Labute approximate surface area is 96.0 Å². The van der Waals surface area contributed by atoms with E-state index < -0.39 is 0 Å². The van der Waals surface area contributed by atoms with Gasteiger partial charge in [-0.05, 0) is 32.4 Å². The molecule has 0 saturated heterocycles. The van der Waals surface area contributed by atoms with E-state index in [1.807, 2.05) is 32.0 Å². The summed E-state index contributed by atoms with van der Waals surface area (Å²) in [6.45, 7) is 4.94. The third kappa shape index (κ3) is 4.77. The Bertz CT molecular complexity index is 340. The van der Waals surface area contributed by atoms with Crippen molar-refractivity contribution in [2.45, 2.75) is 26.7 Å². The highest BCUT2D eigenvalue weighted by Gasteiger charge is 2.00. The maximum Gasteiger partial charge on any atom is 0.305 e. The highest BCUT2D eigenvalue weighted by atomic mass is 16.5. The highest BCUT2D eigenvalue weighted by Crippen LogP contribution is 2.04. The molecule has 0 atom stereocenters. The lowest BCUT2D eigenvalue weighted by molar-refractivity contribution is -0.143. The summed E-state index contributed by atoms with van der Waals surface area (Å²) in [7, 11) is 0. The lowest BCUT2D eigenvalue weighted by atomic mass is 10.3. The van der Waals surface area contributed by atoms with Crippen LogP contribution in [0.1, 0.15) is 25.5 Å². The minimum absolute atomic E-state index is 0.137. The van der Waals surface area contributed by atoms with Crippen LogP contribution < -0.4 is 5.32 Å². The van der Waals surface area contributed by atoms with Gasteiger partial charge >= 0.3 is 5.97 Å². The Morgan fingerprint density at radius 2 is 2.31 bits per heavy atom. The van der Waals surface area contributed by atoms with Gasteiger partial charge in [-0.15, -0.1) is 0 Å². The summed E-state index contributed by atoms with van der Waals surface area (Å²) in [4.78, 5) is 15.3. The van der Waals surface area contributed by atoms with E-state index in [0.29, 0.717) is 13.0 Å². The molecule has 0 spiro atoms. The number of carbonyl (C=O) groups is 1. The molecule has 88 valence electrons. The molecule has 0 fully saturated rings. The van der Waals surface area contributed by atoms with E-state index in [0.717, 1.165) is 24.5 Å². The number of aromatic nitrogens is 1. The molecule has 0 aliphatic rings. The molecule has 0 amide bonds. The molecule has 0 unspecified atom stereocenters. The zero-order valence-corrected chi connectivity index (χ0v) is 9.82. The standard InChI is InChI=1S/C12H18N2O2/c1-3-16-12(15)8-5-9-13-11-7-4-6-10(2)14-11/h4,6-7H,3,5,8-9H2,1-2H3,(H,13,14). The lowest BCUT2D eigenvalue weighted by Gasteiger charge is -2.05. The van der Waals surface area contributed by atoms with E-state index in [2.05, 4.69) is 10.3 Å². The van der Waals surface area contributed by atoms with Gasteiger partial charge in [0.2, 0.25) is 0 Å². The number of ether oxygens (including phenoxy) is 1. The number of anilines is 1. The second-order valence-electron chi connectivity index (χ2n) is 3.50. The van der Waals surface area contributed by atoms with Crippen LogP contribution >= 0.6 is 0 Å². The van der Waals surface area contributed by atoms with E-state index >= 15 is 0 Å². The van der Waals surface area contributed by atoms with Gasteiger partial charge in [0, 0.05) is 18.7 Å². The molecular weight excluding hydrogens is 204 g/mol. The minimum Gasteiger partial charge on any atom is -0.466 e. The second-order valence-corrected chi connectivity index (χ2v) is 3.50. The topological polar surface area (TPSA) is 51.2 Å². The van der Waals surface area contributed by atoms with Crippen LogP contribution in [0.2, 0.25) is 0 Å². The van der Waals surface area contributed by atoms with Gasteiger partial charge in [-0.1, -0.05) is 6.07 Å². The number of hydrogen-bond acceptors (Lipinski definition) is 4. The summed E-state index contributed by atoms with van der Waals surface area (Å²) in [5, 5.41) is 3.16. The van der Waals surface area contributed by atoms with E-state index in [1.54, 1.807) is 0 Å². The molecule has 0 aromatic carbocycles. The molecule has 0 aliphatic heterocycles. The largest absolute Gasteiger partial charge is 0.466 e. The van der Waals surface area contributed by atoms with Crippen molar-refractivity contribution in [1.29, 1.82) is 0 Å². The monoisotopic (exact) mass is 222 g/mol. The van der Waals surface area contributed by atoms with Crippen molar-refractivity contribution in [3.8, 4) is 0 Å². The van der Waals surface area contributed by atoms with Crippen molar-refractivity contribution in [2.75, 3.05) is 18.5 Å². The Morgan fingerprint density at radius 1 is 1.50 bits per heavy atom. The third-order valence-corrected chi connectivity index (χ3v) is 2.06. The number of hydrogen-bond donors (Lipinski definition) is 1. The molecule has 1 rings (SSSR count). The zero-order chi connectivity index (χ0) is 11.8. The predicted molar refractivity (Wildman–Crippen MR) is 63.3 cm³/mol. The van der Waals surface area contributed by atoms with Gasteiger partial charge in [0.05, 0.1) is 6.61 Å². The molecule has 4 heteroatoms. The van der Waals surface area contributed by atoms with Gasteiger partial charge in [0.25, 0.3) is 0 Å². The summed E-state index contributed by atoms with van der Waals surface area (Å²) in [5.41, 5.74) is 0.982. The SMILES string of the molecule is CCOC(=O)CCCNc1cccc(C)n1. The van der Waals surface area contributed by atoms with Gasteiger partial charge in [-0.2, -0.15) is 0 Å². The first-order chi connectivity index (χ1) is 7.72. The van der Waals surface area contributed by atoms with E-state index in [1.165, 1.54) is 0 Å². The number of carbonyl (C=O) groups excluding carboxylic acids is 1. The first kappa shape index (κ1) is 12.5. The molecule has 0 saturated carbocycles. The van der Waals surface area contributed by atoms with Crippen LogP contribution in [0.25, 0.3) is 0 Å². The number of nitrogens with zero attached hydrogens (tertiary/aromatic N) is 1. The van der Waals surface area contributed by atoms with Crippen LogP contribution in [-0.4, -0.2) is 24.1 Å². The van der Waals surface area contributed by atoms with Crippen molar-refractivity contribution < 1.29 is 9.53 Å². The van der Waals surface area contributed by atoms with Crippen LogP contribution in [0, 0.1) is 6.92 Å². The normalized spacial score (nSPS) is 9.88. The summed E-state index contributed by atoms with van der Waals surface area (Å²) in [6.07, 6.45) is 1.21.